The molecule has 0 aromatic heterocycles. The van der Waals surface area contributed by atoms with Crippen molar-refractivity contribution in [1.29, 1.82) is 0 Å². The van der Waals surface area contributed by atoms with Crippen molar-refractivity contribution in [3.05, 3.63) is 59.1 Å². The lowest BCUT2D eigenvalue weighted by Gasteiger charge is -2.35. The minimum Gasteiger partial charge on any atom is -0.379 e. The lowest BCUT2D eigenvalue weighted by molar-refractivity contribution is -0.117. The lowest BCUT2D eigenvalue weighted by Crippen LogP contribution is -2.48. The average molecular weight is 429 g/mol. The van der Waals surface area contributed by atoms with E-state index in [0.29, 0.717) is 6.54 Å². The number of amides is 1. The fourth-order valence-corrected chi connectivity index (χ4v) is 4.14. The number of nitrogens with zero attached hydrogens (tertiary/aromatic N) is 3. The number of hydrogen-bond acceptors (Lipinski definition) is 5. The molecule has 2 heterocycles. The summed E-state index contributed by atoms with van der Waals surface area (Å²) in [6.07, 6.45) is 0. The van der Waals surface area contributed by atoms with Crippen LogP contribution in [0.4, 0.5) is 11.4 Å². The van der Waals surface area contributed by atoms with Crippen LogP contribution in [0.3, 0.4) is 0 Å². The summed E-state index contributed by atoms with van der Waals surface area (Å²) in [6, 6.07) is 16.1. The van der Waals surface area contributed by atoms with Crippen LogP contribution >= 0.6 is 11.6 Å². The van der Waals surface area contributed by atoms with E-state index in [2.05, 4.69) is 38.2 Å². The van der Waals surface area contributed by atoms with Gasteiger partial charge in [0.05, 0.1) is 19.8 Å². The molecule has 1 amide bonds. The van der Waals surface area contributed by atoms with Gasteiger partial charge in [-0.2, -0.15) is 0 Å². The van der Waals surface area contributed by atoms with Gasteiger partial charge >= 0.3 is 0 Å². The van der Waals surface area contributed by atoms with E-state index in [4.69, 9.17) is 16.3 Å². The molecule has 0 unspecified atom stereocenters. The first-order valence-electron chi connectivity index (χ1n) is 10.6. The molecule has 0 aliphatic carbocycles. The number of carbonyl (C=O) groups excluding carboxylic acids is 1. The number of ether oxygens (including phenoxy) is 1. The minimum absolute atomic E-state index is 0.0344. The summed E-state index contributed by atoms with van der Waals surface area (Å²) in [7, 11) is 0. The smallest absolute Gasteiger partial charge is 0.238 e. The van der Waals surface area contributed by atoms with Crippen LogP contribution in [0.25, 0.3) is 0 Å². The third-order valence-electron chi connectivity index (χ3n) is 5.66. The van der Waals surface area contributed by atoms with Gasteiger partial charge in [-0.15, -0.1) is 0 Å². The first-order valence-corrected chi connectivity index (χ1v) is 11.0. The van der Waals surface area contributed by atoms with Crippen LogP contribution in [0, 0.1) is 0 Å². The molecule has 0 spiro atoms. The number of hydrogen-bond donors (Lipinski definition) is 1. The molecule has 7 heteroatoms. The second-order valence-corrected chi connectivity index (χ2v) is 8.31. The van der Waals surface area contributed by atoms with Crippen molar-refractivity contribution >= 4 is 28.9 Å². The summed E-state index contributed by atoms with van der Waals surface area (Å²) in [5.41, 5.74) is 3.25. The van der Waals surface area contributed by atoms with Crippen LogP contribution < -0.4 is 10.2 Å². The van der Waals surface area contributed by atoms with Crippen LogP contribution in [0.1, 0.15) is 5.56 Å². The number of benzene rings is 2. The molecule has 2 saturated heterocycles. The SMILES string of the molecule is O=C(CN1CCN(c2cccc(Cl)c2)CC1)Nc1ccc(CN2CCOCC2)cc1. The molecular formula is C23H29ClN4O2. The quantitative estimate of drug-likeness (QED) is 0.766. The van der Waals surface area contributed by atoms with Crippen molar-refractivity contribution < 1.29 is 9.53 Å². The van der Waals surface area contributed by atoms with Gasteiger partial charge in [-0.05, 0) is 35.9 Å². The predicted molar refractivity (Wildman–Crippen MR) is 121 cm³/mol. The molecule has 4 rings (SSSR count). The van der Waals surface area contributed by atoms with Crippen LogP contribution in [-0.2, 0) is 16.1 Å². The van der Waals surface area contributed by atoms with Gasteiger partial charge in [0.1, 0.15) is 0 Å². The number of halogens is 1. The van der Waals surface area contributed by atoms with Crippen molar-refractivity contribution in [3.8, 4) is 0 Å². The fourth-order valence-electron chi connectivity index (χ4n) is 3.95. The highest BCUT2D eigenvalue weighted by molar-refractivity contribution is 6.30. The molecule has 0 saturated carbocycles. The molecule has 2 aliphatic rings. The average Bonchev–Trinajstić information content (AvgIpc) is 2.76. The molecule has 6 nitrogen and oxygen atoms in total. The number of carbonyl (C=O) groups is 1. The number of morpholine rings is 1. The standard InChI is InChI=1S/C23H29ClN4O2/c24-20-2-1-3-22(16-20)28-10-8-26(9-11-28)18-23(29)25-21-6-4-19(5-7-21)17-27-12-14-30-15-13-27/h1-7,16H,8-15,17-18H2,(H,25,29). The van der Waals surface area contributed by atoms with E-state index in [1.165, 1.54) is 5.56 Å². The number of rotatable bonds is 6. The highest BCUT2D eigenvalue weighted by Crippen LogP contribution is 2.21. The molecule has 2 aromatic carbocycles. The lowest BCUT2D eigenvalue weighted by atomic mass is 10.2. The number of piperazine rings is 1. The summed E-state index contributed by atoms with van der Waals surface area (Å²) in [6.45, 7) is 8.41. The van der Waals surface area contributed by atoms with Crippen LogP contribution in [-0.4, -0.2) is 74.7 Å². The first kappa shape index (κ1) is 21.1. The van der Waals surface area contributed by atoms with Gasteiger partial charge in [-0.3, -0.25) is 14.6 Å². The van der Waals surface area contributed by atoms with Gasteiger partial charge in [-0.25, -0.2) is 0 Å². The second-order valence-electron chi connectivity index (χ2n) is 7.88. The third-order valence-corrected chi connectivity index (χ3v) is 5.90. The Hall–Kier alpha value is -2.12. The maximum absolute atomic E-state index is 12.5. The van der Waals surface area contributed by atoms with Crippen molar-refractivity contribution in [1.82, 2.24) is 9.80 Å². The fraction of sp³-hybridized carbons (Fsp3) is 0.435. The summed E-state index contributed by atoms with van der Waals surface area (Å²) in [5.74, 6) is 0.0344. The van der Waals surface area contributed by atoms with E-state index in [-0.39, 0.29) is 5.91 Å². The Kier molecular flexibility index (Phi) is 7.23. The molecule has 0 atom stereocenters. The molecule has 30 heavy (non-hydrogen) atoms. The topological polar surface area (TPSA) is 48.1 Å². The first-order chi connectivity index (χ1) is 14.7. The zero-order chi connectivity index (χ0) is 20.8. The van der Waals surface area contributed by atoms with E-state index in [9.17, 15) is 4.79 Å². The molecular weight excluding hydrogens is 400 g/mol. The predicted octanol–water partition coefficient (Wildman–Crippen LogP) is 2.93. The second kappa shape index (κ2) is 10.3. The van der Waals surface area contributed by atoms with E-state index in [1.807, 2.05) is 30.3 Å². The Morgan fingerprint density at radius 1 is 0.933 bits per heavy atom. The highest BCUT2D eigenvalue weighted by atomic mass is 35.5. The minimum atomic E-state index is 0.0344. The molecule has 0 bridgehead atoms. The van der Waals surface area contributed by atoms with Gasteiger partial charge in [-0.1, -0.05) is 29.8 Å². The van der Waals surface area contributed by atoms with Crippen molar-refractivity contribution in [2.75, 3.05) is 69.2 Å². The maximum Gasteiger partial charge on any atom is 0.238 e. The third kappa shape index (κ3) is 5.95. The van der Waals surface area contributed by atoms with Crippen LogP contribution in [0.15, 0.2) is 48.5 Å². The summed E-state index contributed by atoms with van der Waals surface area (Å²) < 4.78 is 5.39. The zero-order valence-electron chi connectivity index (χ0n) is 17.2. The summed E-state index contributed by atoms with van der Waals surface area (Å²) in [4.78, 5) is 19.4. The van der Waals surface area contributed by atoms with Gasteiger partial charge in [0.25, 0.3) is 0 Å². The summed E-state index contributed by atoms with van der Waals surface area (Å²) in [5, 5.41) is 3.78. The van der Waals surface area contributed by atoms with E-state index >= 15 is 0 Å². The Morgan fingerprint density at radius 2 is 1.67 bits per heavy atom. The van der Waals surface area contributed by atoms with E-state index < -0.39 is 0 Å². The Balaban J connectivity index is 1.21. The molecule has 160 valence electrons. The van der Waals surface area contributed by atoms with Crippen molar-refractivity contribution in [3.63, 3.8) is 0 Å². The summed E-state index contributed by atoms with van der Waals surface area (Å²) >= 11 is 6.10. The molecule has 0 radical (unpaired) electrons. The maximum atomic E-state index is 12.5. The van der Waals surface area contributed by atoms with Crippen LogP contribution in [0.2, 0.25) is 5.02 Å². The Labute approximate surface area is 183 Å². The van der Waals surface area contributed by atoms with Gasteiger partial charge in [0.2, 0.25) is 5.91 Å². The zero-order valence-corrected chi connectivity index (χ0v) is 18.0. The monoisotopic (exact) mass is 428 g/mol. The molecule has 1 N–H and O–H groups in total. The Morgan fingerprint density at radius 3 is 2.37 bits per heavy atom. The van der Waals surface area contributed by atoms with Gasteiger partial charge < -0.3 is 15.0 Å². The molecule has 2 aliphatic heterocycles. The van der Waals surface area contributed by atoms with Crippen molar-refractivity contribution in [2.24, 2.45) is 0 Å². The Bertz CT molecular complexity index is 831. The molecule has 2 fully saturated rings. The highest BCUT2D eigenvalue weighted by Gasteiger charge is 2.19. The van der Waals surface area contributed by atoms with Crippen molar-refractivity contribution in [2.45, 2.75) is 6.54 Å². The van der Waals surface area contributed by atoms with Gasteiger partial charge in [0.15, 0.2) is 0 Å². The molecule has 2 aromatic rings. The number of nitrogens with one attached hydrogen (secondary N) is 1. The normalized spacial score (nSPS) is 18.4. The number of anilines is 2. The van der Waals surface area contributed by atoms with E-state index in [0.717, 1.165) is 75.4 Å². The van der Waals surface area contributed by atoms with E-state index in [1.54, 1.807) is 0 Å². The van der Waals surface area contributed by atoms with Crippen LogP contribution in [0.5, 0.6) is 0 Å². The largest absolute Gasteiger partial charge is 0.379 e. The van der Waals surface area contributed by atoms with Gasteiger partial charge in [0, 0.05) is 62.2 Å².